The molecule has 1 aliphatic rings. The zero-order valence-corrected chi connectivity index (χ0v) is 10.8. The van der Waals surface area contributed by atoms with E-state index in [1.54, 1.807) is 0 Å². The maximum absolute atomic E-state index is 11.1. The van der Waals surface area contributed by atoms with Crippen LogP contribution in [0.3, 0.4) is 0 Å². The van der Waals surface area contributed by atoms with Gasteiger partial charge in [-0.3, -0.25) is 4.79 Å². The van der Waals surface area contributed by atoms with Crippen molar-refractivity contribution in [3.8, 4) is 0 Å². The Labute approximate surface area is 114 Å². The second-order valence-electron chi connectivity index (χ2n) is 4.61. The molecule has 1 rings (SSSR count). The summed E-state index contributed by atoms with van der Waals surface area (Å²) in [6.45, 7) is 1.26. The minimum absolute atomic E-state index is 0.118. The molecule has 3 atom stereocenters. The number of hydrogen-bond acceptors (Lipinski definition) is 7. The van der Waals surface area contributed by atoms with Gasteiger partial charge >= 0.3 is 5.97 Å². The number of rotatable bonds is 5. The summed E-state index contributed by atoms with van der Waals surface area (Å²) >= 11 is 0. The Bertz CT molecular complexity index is 415. The van der Waals surface area contributed by atoms with E-state index in [4.69, 9.17) is 30.9 Å². The molecule has 0 saturated heterocycles. The lowest BCUT2D eigenvalue weighted by Gasteiger charge is -2.35. The average molecular weight is 290 g/mol. The summed E-state index contributed by atoms with van der Waals surface area (Å²) < 4.78 is 5.16. The number of nitrogens with two attached hydrogens (primary N) is 1. The molecule has 20 heavy (non-hydrogen) atoms. The summed E-state index contributed by atoms with van der Waals surface area (Å²) in [5.41, 5.74) is 5.76. The molecule has 0 aromatic rings. The van der Waals surface area contributed by atoms with E-state index >= 15 is 0 Å². The lowest BCUT2D eigenvalue weighted by atomic mass is 9.95. The second-order valence-corrected chi connectivity index (χ2v) is 4.61. The molecule has 1 heterocycles. The standard InChI is InChI=1S/C11H18N2O7/c1-5(14)13-9-6(12)4-8(10(15)16)20-7(9)2-3-11(17,18)19/h4,6-7,9,17-19H,2-3,12H2,1H3,(H,13,14)(H,15,16)/t6-,7+,9+/m0/s1. The van der Waals surface area contributed by atoms with Crippen molar-refractivity contribution in [2.24, 2.45) is 5.73 Å². The van der Waals surface area contributed by atoms with Gasteiger partial charge in [0.25, 0.3) is 5.97 Å². The van der Waals surface area contributed by atoms with E-state index in [2.05, 4.69) is 5.32 Å². The number of carboxylic acids is 1. The van der Waals surface area contributed by atoms with Gasteiger partial charge in [0.2, 0.25) is 11.7 Å². The molecule has 0 spiro atoms. The Morgan fingerprint density at radius 1 is 1.45 bits per heavy atom. The predicted molar refractivity (Wildman–Crippen MR) is 64.8 cm³/mol. The SMILES string of the molecule is CC(=O)N[C@@H]1[C@@H](N)C=C(C(=O)O)O[C@@H]1CCC(O)(O)O. The minimum atomic E-state index is -2.90. The number of carboxylic acid groups (broad SMARTS) is 1. The minimum Gasteiger partial charge on any atom is -0.481 e. The van der Waals surface area contributed by atoms with Crippen LogP contribution >= 0.6 is 0 Å². The van der Waals surface area contributed by atoms with Crippen molar-refractivity contribution in [2.45, 2.75) is 43.9 Å². The average Bonchev–Trinajstić information content (AvgIpc) is 2.27. The monoisotopic (exact) mass is 290 g/mol. The molecule has 1 amide bonds. The number of aliphatic carboxylic acids is 1. The molecule has 7 N–H and O–H groups in total. The van der Waals surface area contributed by atoms with Crippen LogP contribution in [-0.4, -0.2) is 56.5 Å². The van der Waals surface area contributed by atoms with E-state index in [0.717, 1.165) is 6.08 Å². The van der Waals surface area contributed by atoms with Crippen LogP contribution in [0, 0.1) is 0 Å². The lowest BCUT2D eigenvalue weighted by Crippen LogP contribution is -2.56. The third-order valence-electron chi connectivity index (χ3n) is 2.78. The number of carbonyl (C=O) groups excluding carboxylic acids is 1. The van der Waals surface area contributed by atoms with Gasteiger partial charge < -0.3 is 36.2 Å². The molecule has 0 unspecified atom stereocenters. The summed E-state index contributed by atoms with van der Waals surface area (Å²) in [7, 11) is 0. The van der Waals surface area contributed by atoms with E-state index in [1.165, 1.54) is 6.92 Å². The number of nitrogens with one attached hydrogen (secondary N) is 1. The maximum atomic E-state index is 11.1. The van der Waals surface area contributed by atoms with Gasteiger partial charge in [0.1, 0.15) is 6.10 Å². The molecule has 9 heteroatoms. The zero-order valence-electron chi connectivity index (χ0n) is 10.8. The van der Waals surface area contributed by atoms with E-state index in [9.17, 15) is 9.59 Å². The Balaban J connectivity index is 2.87. The molecule has 0 saturated carbocycles. The second kappa shape index (κ2) is 6.18. The highest BCUT2D eigenvalue weighted by molar-refractivity contribution is 5.84. The first-order valence-electron chi connectivity index (χ1n) is 5.91. The van der Waals surface area contributed by atoms with E-state index in [-0.39, 0.29) is 12.2 Å². The largest absolute Gasteiger partial charge is 0.481 e. The van der Waals surface area contributed by atoms with Crippen LogP contribution in [0.4, 0.5) is 0 Å². The van der Waals surface area contributed by atoms with Gasteiger partial charge in [-0.25, -0.2) is 4.79 Å². The summed E-state index contributed by atoms with van der Waals surface area (Å²) in [6.07, 6.45) is -0.361. The number of hydrogen-bond donors (Lipinski definition) is 6. The summed E-state index contributed by atoms with van der Waals surface area (Å²) in [5, 5.41) is 38.0. The molecule has 0 aliphatic carbocycles. The quantitative estimate of drug-likeness (QED) is 0.305. The Morgan fingerprint density at radius 2 is 2.05 bits per heavy atom. The van der Waals surface area contributed by atoms with E-state index in [1.807, 2.05) is 0 Å². The van der Waals surface area contributed by atoms with Crippen LogP contribution in [-0.2, 0) is 14.3 Å². The van der Waals surface area contributed by atoms with Crippen LogP contribution < -0.4 is 11.1 Å². The first-order chi connectivity index (χ1) is 9.10. The summed E-state index contributed by atoms with van der Waals surface area (Å²) in [6, 6.07) is -1.55. The van der Waals surface area contributed by atoms with E-state index < -0.39 is 42.5 Å². The highest BCUT2D eigenvalue weighted by atomic mass is 16.7. The smallest absolute Gasteiger partial charge is 0.370 e. The predicted octanol–water partition coefficient (Wildman–Crippen LogP) is -2.40. The Morgan fingerprint density at radius 3 is 2.50 bits per heavy atom. The van der Waals surface area contributed by atoms with Crippen molar-refractivity contribution < 1.29 is 34.8 Å². The van der Waals surface area contributed by atoms with Crippen molar-refractivity contribution in [2.75, 3.05) is 0 Å². The number of carbonyl (C=O) groups is 2. The van der Waals surface area contributed by atoms with Gasteiger partial charge in [-0.05, 0) is 12.5 Å². The highest BCUT2D eigenvalue weighted by Crippen LogP contribution is 2.23. The van der Waals surface area contributed by atoms with Gasteiger partial charge in [0, 0.05) is 13.3 Å². The molecule has 0 radical (unpaired) electrons. The van der Waals surface area contributed by atoms with Gasteiger partial charge in [-0.15, -0.1) is 0 Å². The molecule has 0 fully saturated rings. The van der Waals surface area contributed by atoms with Gasteiger partial charge in [-0.1, -0.05) is 0 Å². The summed E-state index contributed by atoms with van der Waals surface area (Å²) in [4.78, 5) is 22.0. The van der Waals surface area contributed by atoms with Gasteiger partial charge in [-0.2, -0.15) is 0 Å². The van der Waals surface area contributed by atoms with Crippen molar-refractivity contribution in [1.82, 2.24) is 5.32 Å². The fourth-order valence-electron chi connectivity index (χ4n) is 1.92. The first-order valence-corrected chi connectivity index (χ1v) is 5.91. The maximum Gasteiger partial charge on any atom is 0.370 e. The molecule has 0 bridgehead atoms. The fraction of sp³-hybridized carbons (Fsp3) is 0.636. The normalized spacial score (nSPS) is 26.4. The van der Waals surface area contributed by atoms with Crippen LogP contribution in [0.25, 0.3) is 0 Å². The van der Waals surface area contributed by atoms with Crippen LogP contribution in [0.2, 0.25) is 0 Å². The number of amides is 1. The van der Waals surface area contributed by atoms with E-state index in [0.29, 0.717) is 0 Å². The van der Waals surface area contributed by atoms with Crippen LogP contribution in [0.5, 0.6) is 0 Å². The zero-order chi connectivity index (χ0) is 15.5. The molecule has 114 valence electrons. The lowest BCUT2D eigenvalue weighted by molar-refractivity contribution is -0.316. The Kier molecular flexibility index (Phi) is 5.06. The van der Waals surface area contributed by atoms with Crippen molar-refractivity contribution in [3.63, 3.8) is 0 Å². The van der Waals surface area contributed by atoms with Crippen LogP contribution in [0.1, 0.15) is 19.8 Å². The van der Waals surface area contributed by atoms with Crippen molar-refractivity contribution in [3.05, 3.63) is 11.8 Å². The van der Waals surface area contributed by atoms with Gasteiger partial charge in [0.05, 0.1) is 12.1 Å². The van der Waals surface area contributed by atoms with Crippen molar-refractivity contribution >= 4 is 11.9 Å². The molecule has 1 aliphatic heterocycles. The summed E-state index contributed by atoms with van der Waals surface area (Å²) in [5.74, 6) is -5.01. The number of aliphatic hydroxyl groups is 3. The third kappa shape index (κ3) is 4.78. The number of ether oxygens (including phenoxy) is 1. The topological polar surface area (TPSA) is 162 Å². The fourth-order valence-corrected chi connectivity index (χ4v) is 1.92. The third-order valence-corrected chi connectivity index (χ3v) is 2.78. The van der Waals surface area contributed by atoms with Gasteiger partial charge in [0.15, 0.2) is 0 Å². The molecule has 0 aromatic heterocycles. The molecule has 9 nitrogen and oxygen atoms in total. The Hall–Kier alpha value is -1.68. The van der Waals surface area contributed by atoms with Crippen molar-refractivity contribution in [1.29, 1.82) is 0 Å². The molecular formula is C11H18N2O7. The highest BCUT2D eigenvalue weighted by Gasteiger charge is 2.36. The first kappa shape index (κ1) is 16.4. The molecular weight excluding hydrogens is 272 g/mol. The molecule has 0 aromatic carbocycles. The van der Waals surface area contributed by atoms with Crippen LogP contribution in [0.15, 0.2) is 11.8 Å².